The van der Waals surface area contributed by atoms with E-state index in [4.69, 9.17) is 0 Å². The van der Waals surface area contributed by atoms with E-state index in [9.17, 15) is 0 Å². The van der Waals surface area contributed by atoms with Crippen LogP contribution in [0.5, 0.6) is 0 Å². The zero-order valence-corrected chi connectivity index (χ0v) is 12.8. The zero-order valence-electron chi connectivity index (χ0n) is 12.0. The summed E-state index contributed by atoms with van der Waals surface area (Å²) in [6.45, 7) is 7.23. The highest BCUT2D eigenvalue weighted by molar-refractivity contribution is 7.99. The Balaban J connectivity index is 2.24. The molecule has 2 aromatic heterocycles. The van der Waals surface area contributed by atoms with E-state index in [1.54, 1.807) is 12.5 Å². The highest BCUT2D eigenvalue weighted by atomic mass is 32.2. The third kappa shape index (κ3) is 4.16. The molecule has 0 unspecified atom stereocenters. The summed E-state index contributed by atoms with van der Waals surface area (Å²) < 4.78 is 0. The number of hydrogen-bond acceptors (Lipinski definition) is 6. The second-order valence-electron chi connectivity index (χ2n) is 4.68. The van der Waals surface area contributed by atoms with E-state index in [0.29, 0.717) is 5.92 Å². The molecule has 20 heavy (non-hydrogen) atoms. The Hall–Kier alpha value is -1.69. The minimum absolute atomic E-state index is 0.295. The summed E-state index contributed by atoms with van der Waals surface area (Å²) >= 11 is 1.52. The molecule has 0 saturated carbocycles. The summed E-state index contributed by atoms with van der Waals surface area (Å²) in [6, 6.07) is 3.84. The molecule has 6 heteroatoms. The van der Waals surface area contributed by atoms with E-state index in [2.05, 4.69) is 46.0 Å². The van der Waals surface area contributed by atoms with Crippen molar-refractivity contribution in [3.8, 4) is 0 Å². The van der Waals surface area contributed by atoms with Crippen molar-refractivity contribution < 1.29 is 0 Å². The topological polar surface area (TPSA) is 63.6 Å². The molecule has 0 amide bonds. The number of aromatic nitrogens is 4. The number of nitrogens with zero attached hydrogens (tertiary/aromatic N) is 4. The summed E-state index contributed by atoms with van der Waals surface area (Å²) in [5, 5.41) is 5.11. The summed E-state index contributed by atoms with van der Waals surface area (Å²) in [4.78, 5) is 17.3. The van der Waals surface area contributed by atoms with Crippen molar-refractivity contribution in [2.75, 3.05) is 11.9 Å². The molecule has 0 aliphatic carbocycles. The van der Waals surface area contributed by atoms with E-state index in [0.717, 1.165) is 34.7 Å². The Morgan fingerprint density at radius 1 is 1.25 bits per heavy atom. The normalized spacial score (nSPS) is 10.8. The molecule has 0 radical (unpaired) electrons. The van der Waals surface area contributed by atoms with E-state index < -0.39 is 0 Å². The van der Waals surface area contributed by atoms with Gasteiger partial charge in [0.1, 0.15) is 28.0 Å². The summed E-state index contributed by atoms with van der Waals surface area (Å²) in [5.41, 5.74) is 0. The Labute approximate surface area is 123 Å². The molecular weight excluding hydrogens is 270 g/mol. The monoisotopic (exact) mass is 289 g/mol. The molecule has 0 aliphatic heterocycles. The highest BCUT2D eigenvalue weighted by Gasteiger charge is 2.09. The van der Waals surface area contributed by atoms with Gasteiger partial charge in [0.2, 0.25) is 0 Å². The molecule has 0 aromatic carbocycles. The molecule has 0 fully saturated rings. The van der Waals surface area contributed by atoms with Crippen LogP contribution < -0.4 is 5.32 Å². The average Bonchev–Trinajstić information content (AvgIpc) is 2.46. The van der Waals surface area contributed by atoms with Crippen molar-refractivity contribution in [2.45, 2.75) is 43.2 Å². The Morgan fingerprint density at radius 2 is 2.10 bits per heavy atom. The fourth-order valence-corrected chi connectivity index (χ4v) is 2.30. The molecule has 2 aromatic rings. The molecular formula is C14H19N5S. The van der Waals surface area contributed by atoms with Crippen molar-refractivity contribution in [1.82, 2.24) is 19.9 Å². The van der Waals surface area contributed by atoms with Crippen LogP contribution in [0.4, 0.5) is 5.82 Å². The third-order valence-electron chi connectivity index (χ3n) is 2.56. The molecule has 1 N–H and O–H groups in total. The van der Waals surface area contributed by atoms with E-state index in [1.165, 1.54) is 11.8 Å². The number of anilines is 1. The molecule has 0 aliphatic rings. The van der Waals surface area contributed by atoms with Gasteiger partial charge in [-0.2, -0.15) is 0 Å². The second-order valence-corrected chi connectivity index (χ2v) is 5.72. The largest absolute Gasteiger partial charge is 0.370 e. The quantitative estimate of drug-likeness (QED) is 0.823. The summed E-state index contributed by atoms with van der Waals surface area (Å²) in [6.07, 6.45) is 4.34. The fraction of sp³-hybridized carbons (Fsp3) is 0.429. The average molecular weight is 289 g/mol. The number of nitrogens with one attached hydrogen (secondary N) is 1. The predicted molar refractivity (Wildman–Crippen MR) is 81.1 cm³/mol. The van der Waals surface area contributed by atoms with Gasteiger partial charge in [-0.3, -0.25) is 0 Å². The lowest BCUT2D eigenvalue weighted by Gasteiger charge is -2.10. The van der Waals surface area contributed by atoms with Gasteiger partial charge in [0.05, 0.1) is 0 Å². The van der Waals surface area contributed by atoms with E-state index in [1.807, 2.05) is 12.1 Å². The lowest BCUT2D eigenvalue weighted by Crippen LogP contribution is -2.06. The van der Waals surface area contributed by atoms with Gasteiger partial charge in [0.15, 0.2) is 0 Å². The first-order valence-corrected chi connectivity index (χ1v) is 7.57. The van der Waals surface area contributed by atoms with Gasteiger partial charge in [-0.25, -0.2) is 19.9 Å². The number of rotatable bonds is 6. The van der Waals surface area contributed by atoms with Crippen LogP contribution in [0.25, 0.3) is 0 Å². The molecule has 0 saturated heterocycles. The molecule has 0 atom stereocenters. The minimum Gasteiger partial charge on any atom is -0.370 e. The Morgan fingerprint density at radius 3 is 2.75 bits per heavy atom. The van der Waals surface area contributed by atoms with Crippen LogP contribution >= 0.6 is 11.8 Å². The standard InChI is InChI=1S/C14H19N5S/c1-4-6-16-11-8-13(19-14(18-11)10(2)3)20-12-5-7-15-9-17-12/h5,7-10H,4,6H2,1-3H3,(H,16,18,19). The van der Waals surface area contributed by atoms with Crippen LogP contribution in [-0.2, 0) is 0 Å². The maximum Gasteiger partial charge on any atom is 0.134 e. The molecule has 5 nitrogen and oxygen atoms in total. The van der Waals surface area contributed by atoms with Crippen LogP contribution in [-0.4, -0.2) is 26.5 Å². The first-order chi connectivity index (χ1) is 9.69. The maximum atomic E-state index is 4.59. The van der Waals surface area contributed by atoms with Gasteiger partial charge >= 0.3 is 0 Å². The molecule has 2 rings (SSSR count). The van der Waals surface area contributed by atoms with Crippen molar-refractivity contribution in [3.63, 3.8) is 0 Å². The number of hydrogen-bond donors (Lipinski definition) is 1. The van der Waals surface area contributed by atoms with Crippen molar-refractivity contribution >= 4 is 17.6 Å². The van der Waals surface area contributed by atoms with Crippen LogP contribution in [0.15, 0.2) is 34.7 Å². The summed E-state index contributed by atoms with van der Waals surface area (Å²) in [7, 11) is 0. The lowest BCUT2D eigenvalue weighted by atomic mass is 10.2. The zero-order chi connectivity index (χ0) is 14.4. The maximum absolute atomic E-state index is 4.59. The predicted octanol–water partition coefficient (Wildman–Crippen LogP) is 3.36. The van der Waals surface area contributed by atoms with Gasteiger partial charge in [-0.05, 0) is 24.2 Å². The molecule has 0 spiro atoms. The second kappa shape index (κ2) is 7.19. The third-order valence-corrected chi connectivity index (χ3v) is 3.43. The summed E-state index contributed by atoms with van der Waals surface area (Å²) in [5.74, 6) is 2.02. The van der Waals surface area contributed by atoms with Crippen molar-refractivity contribution in [3.05, 3.63) is 30.5 Å². The first kappa shape index (κ1) is 14.7. The fourth-order valence-electron chi connectivity index (χ4n) is 1.54. The van der Waals surface area contributed by atoms with E-state index in [-0.39, 0.29) is 0 Å². The van der Waals surface area contributed by atoms with E-state index >= 15 is 0 Å². The Bertz CT molecular complexity index is 545. The van der Waals surface area contributed by atoms with Crippen LogP contribution in [0.2, 0.25) is 0 Å². The SMILES string of the molecule is CCCNc1cc(Sc2ccncn2)nc(C(C)C)n1. The smallest absolute Gasteiger partial charge is 0.134 e. The highest BCUT2D eigenvalue weighted by Crippen LogP contribution is 2.26. The van der Waals surface area contributed by atoms with Crippen LogP contribution in [0.1, 0.15) is 38.9 Å². The molecule has 0 bridgehead atoms. The minimum atomic E-state index is 0.295. The van der Waals surface area contributed by atoms with Gasteiger partial charge in [0.25, 0.3) is 0 Å². The molecule has 106 valence electrons. The van der Waals surface area contributed by atoms with Gasteiger partial charge < -0.3 is 5.32 Å². The first-order valence-electron chi connectivity index (χ1n) is 6.75. The van der Waals surface area contributed by atoms with Gasteiger partial charge in [0, 0.05) is 24.7 Å². The lowest BCUT2D eigenvalue weighted by molar-refractivity contribution is 0.753. The van der Waals surface area contributed by atoms with Crippen molar-refractivity contribution in [1.29, 1.82) is 0 Å². The van der Waals surface area contributed by atoms with Gasteiger partial charge in [-0.1, -0.05) is 20.8 Å². The molecule has 2 heterocycles. The van der Waals surface area contributed by atoms with Gasteiger partial charge in [-0.15, -0.1) is 0 Å². The van der Waals surface area contributed by atoms with Crippen molar-refractivity contribution in [2.24, 2.45) is 0 Å². The van der Waals surface area contributed by atoms with Crippen LogP contribution in [0.3, 0.4) is 0 Å². The Kier molecular flexibility index (Phi) is 5.29. The van der Waals surface area contributed by atoms with Crippen LogP contribution in [0, 0.1) is 0 Å².